The van der Waals surface area contributed by atoms with E-state index in [1.165, 1.54) is 17.0 Å². The van der Waals surface area contributed by atoms with Crippen LogP contribution in [-0.2, 0) is 26.2 Å². The van der Waals surface area contributed by atoms with Crippen molar-refractivity contribution in [3.05, 3.63) is 96.1 Å². The molecule has 196 valence electrons. The van der Waals surface area contributed by atoms with E-state index in [-0.39, 0.29) is 23.4 Å². The minimum absolute atomic E-state index is 0.0882. The fourth-order valence-electron chi connectivity index (χ4n) is 4.16. The maximum atomic E-state index is 14.0. The highest BCUT2D eigenvalue weighted by Crippen LogP contribution is 2.27. The average molecular weight is 522 g/mol. The molecule has 3 aromatic carbocycles. The third-order valence-corrected chi connectivity index (χ3v) is 7.78. The summed E-state index contributed by atoms with van der Waals surface area (Å²) in [6, 6.07) is 23.6. The van der Waals surface area contributed by atoms with E-state index in [0.717, 1.165) is 9.87 Å². The summed E-state index contributed by atoms with van der Waals surface area (Å²) in [6.07, 6.45) is 0.382. The first-order valence-corrected chi connectivity index (χ1v) is 13.9. The second-order valence-electron chi connectivity index (χ2n) is 9.21. The number of benzene rings is 3. The molecule has 8 heteroatoms. The van der Waals surface area contributed by atoms with E-state index in [2.05, 4.69) is 5.32 Å². The first kappa shape index (κ1) is 27.9. The molecular weight excluding hydrogens is 486 g/mol. The summed E-state index contributed by atoms with van der Waals surface area (Å²) in [5, 5.41) is 2.90. The predicted molar refractivity (Wildman–Crippen MR) is 147 cm³/mol. The van der Waals surface area contributed by atoms with Gasteiger partial charge in [0.15, 0.2) is 0 Å². The van der Waals surface area contributed by atoms with Crippen molar-refractivity contribution in [3.8, 4) is 0 Å². The Morgan fingerprint density at radius 3 is 2.00 bits per heavy atom. The number of sulfonamides is 1. The zero-order valence-electron chi connectivity index (χ0n) is 21.8. The summed E-state index contributed by atoms with van der Waals surface area (Å²) in [4.78, 5) is 28.6. The molecule has 0 aliphatic carbocycles. The molecule has 0 bridgehead atoms. The largest absolute Gasteiger partial charge is 0.352 e. The van der Waals surface area contributed by atoms with Gasteiger partial charge in [-0.3, -0.25) is 13.9 Å². The van der Waals surface area contributed by atoms with Crippen molar-refractivity contribution < 1.29 is 18.0 Å². The van der Waals surface area contributed by atoms with Crippen LogP contribution in [0.4, 0.5) is 5.69 Å². The fourth-order valence-corrected chi connectivity index (χ4v) is 5.66. The van der Waals surface area contributed by atoms with Gasteiger partial charge >= 0.3 is 0 Å². The standard InChI is InChI=1S/C29H35N3O4S/c1-5-26(29(34)30-22(2)3)31(20-24-15-8-6-9-16-24)28(33)21-32(27-19-13-12-14-23(27)4)37(35,36)25-17-10-7-11-18-25/h6-19,22,26H,5,20-21H2,1-4H3,(H,30,34). The van der Waals surface area contributed by atoms with Gasteiger partial charge in [0.25, 0.3) is 10.0 Å². The number of nitrogens with zero attached hydrogens (tertiary/aromatic N) is 2. The Morgan fingerprint density at radius 2 is 1.43 bits per heavy atom. The quantitative estimate of drug-likeness (QED) is 0.402. The topological polar surface area (TPSA) is 86.8 Å². The van der Waals surface area contributed by atoms with Crippen LogP contribution in [0.25, 0.3) is 0 Å². The molecule has 3 aromatic rings. The van der Waals surface area contributed by atoms with Crippen LogP contribution < -0.4 is 9.62 Å². The van der Waals surface area contributed by atoms with Crippen LogP contribution in [0.3, 0.4) is 0 Å². The van der Waals surface area contributed by atoms with Gasteiger partial charge in [-0.25, -0.2) is 8.42 Å². The van der Waals surface area contributed by atoms with Crippen molar-refractivity contribution in [1.82, 2.24) is 10.2 Å². The smallest absolute Gasteiger partial charge is 0.264 e. The number of hydrogen-bond acceptors (Lipinski definition) is 4. The van der Waals surface area contributed by atoms with Crippen LogP contribution in [0.1, 0.15) is 38.3 Å². The number of anilines is 1. The molecule has 7 nitrogen and oxygen atoms in total. The number of carbonyl (C=O) groups is 2. The van der Waals surface area contributed by atoms with Gasteiger partial charge in [-0.15, -0.1) is 0 Å². The molecule has 3 rings (SSSR count). The molecule has 0 fully saturated rings. The summed E-state index contributed by atoms with van der Waals surface area (Å²) in [5.74, 6) is -0.729. The van der Waals surface area contributed by atoms with Gasteiger partial charge in [0, 0.05) is 12.6 Å². The first-order valence-electron chi connectivity index (χ1n) is 12.4. The molecule has 0 radical (unpaired) electrons. The maximum Gasteiger partial charge on any atom is 0.264 e. The molecule has 0 aliphatic heterocycles. The third kappa shape index (κ3) is 6.98. The van der Waals surface area contributed by atoms with Gasteiger partial charge < -0.3 is 10.2 Å². The van der Waals surface area contributed by atoms with E-state index in [1.54, 1.807) is 43.3 Å². The molecule has 0 spiro atoms. The summed E-state index contributed by atoms with van der Waals surface area (Å²) in [7, 11) is -4.06. The number of amides is 2. The summed E-state index contributed by atoms with van der Waals surface area (Å²) < 4.78 is 28.7. The van der Waals surface area contributed by atoms with Crippen molar-refractivity contribution in [2.45, 2.75) is 57.6 Å². The lowest BCUT2D eigenvalue weighted by atomic mass is 10.1. The molecule has 1 N–H and O–H groups in total. The summed E-state index contributed by atoms with van der Waals surface area (Å²) in [5.41, 5.74) is 1.98. The second kappa shape index (κ2) is 12.5. The number of nitrogens with one attached hydrogen (secondary N) is 1. The molecule has 1 atom stereocenters. The summed E-state index contributed by atoms with van der Waals surface area (Å²) in [6.45, 7) is 7.10. The Hall–Kier alpha value is -3.65. The van der Waals surface area contributed by atoms with Gasteiger partial charge in [-0.05, 0) is 56.5 Å². The van der Waals surface area contributed by atoms with Crippen molar-refractivity contribution in [1.29, 1.82) is 0 Å². The van der Waals surface area contributed by atoms with Gasteiger partial charge in [0.1, 0.15) is 12.6 Å². The Morgan fingerprint density at radius 1 is 0.865 bits per heavy atom. The third-order valence-electron chi connectivity index (χ3n) is 6.01. The fraction of sp³-hybridized carbons (Fsp3) is 0.310. The van der Waals surface area contributed by atoms with Crippen molar-refractivity contribution in [2.24, 2.45) is 0 Å². The highest BCUT2D eigenvalue weighted by atomic mass is 32.2. The van der Waals surface area contributed by atoms with Gasteiger partial charge in [-0.1, -0.05) is 73.7 Å². The second-order valence-corrected chi connectivity index (χ2v) is 11.1. The molecule has 1 unspecified atom stereocenters. The molecule has 37 heavy (non-hydrogen) atoms. The Balaban J connectivity index is 2.05. The van der Waals surface area contributed by atoms with E-state index in [0.29, 0.717) is 17.7 Å². The molecule has 0 aliphatic rings. The van der Waals surface area contributed by atoms with E-state index in [4.69, 9.17) is 0 Å². The minimum atomic E-state index is -4.06. The molecule has 2 amide bonds. The lowest BCUT2D eigenvalue weighted by Crippen LogP contribution is -2.53. The van der Waals surface area contributed by atoms with Gasteiger partial charge in [0.2, 0.25) is 11.8 Å². The number of carbonyl (C=O) groups excluding carboxylic acids is 2. The molecule has 0 saturated heterocycles. The SMILES string of the molecule is CCC(C(=O)NC(C)C)N(Cc1ccccc1)C(=O)CN(c1ccccc1C)S(=O)(=O)c1ccccc1. The first-order chi connectivity index (χ1) is 17.6. The summed E-state index contributed by atoms with van der Waals surface area (Å²) >= 11 is 0. The highest BCUT2D eigenvalue weighted by Gasteiger charge is 2.34. The van der Waals surface area contributed by atoms with Crippen molar-refractivity contribution in [2.75, 3.05) is 10.8 Å². The molecule has 0 saturated carbocycles. The number of aryl methyl sites for hydroxylation is 1. The molecular formula is C29H35N3O4S. The Kier molecular flexibility index (Phi) is 9.47. The van der Waals surface area contributed by atoms with E-state index in [1.807, 2.05) is 57.2 Å². The zero-order chi connectivity index (χ0) is 27.0. The Bertz CT molecular complexity index is 1290. The van der Waals surface area contributed by atoms with E-state index in [9.17, 15) is 18.0 Å². The van der Waals surface area contributed by atoms with E-state index < -0.39 is 28.5 Å². The van der Waals surface area contributed by atoms with Crippen LogP contribution in [0.5, 0.6) is 0 Å². The number of rotatable bonds is 11. The van der Waals surface area contributed by atoms with Crippen LogP contribution in [0.15, 0.2) is 89.8 Å². The van der Waals surface area contributed by atoms with Crippen LogP contribution in [0.2, 0.25) is 0 Å². The monoisotopic (exact) mass is 521 g/mol. The Labute approximate surface area is 220 Å². The highest BCUT2D eigenvalue weighted by molar-refractivity contribution is 7.92. The maximum absolute atomic E-state index is 14.0. The average Bonchev–Trinajstić information content (AvgIpc) is 2.88. The van der Waals surface area contributed by atoms with Gasteiger partial charge in [-0.2, -0.15) is 0 Å². The predicted octanol–water partition coefficient (Wildman–Crippen LogP) is 4.52. The van der Waals surface area contributed by atoms with E-state index >= 15 is 0 Å². The van der Waals surface area contributed by atoms with Crippen molar-refractivity contribution in [3.63, 3.8) is 0 Å². The normalized spacial score (nSPS) is 12.1. The zero-order valence-corrected chi connectivity index (χ0v) is 22.6. The lowest BCUT2D eigenvalue weighted by Gasteiger charge is -2.34. The van der Waals surface area contributed by atoms with Crippen LogP contribution >= 0.6 is 0 Å². The molecule has 0 heterocycles. The van der Waals surface area contributed by atoms with Crippen LogP contribution in [0, 0.1) is 6.92 Å². The lowest BCUT2D eigenvalue weighted by molar-refractivity contribution is -0.140. The molecule has 0 aromatic heterocycles. The van der Waals surface area contributed by atoms with Crippen LogP contribution in [-0.4, -0.2) is 43.8 Å². The van der Waals surface area contributed by atoms with Gasteiger partial charge in [0.05, 0.1) is 10.6 Å². The minimum Gasteiger partial charge on any atom is -0.352 e. The van der Waals surface area contributed by atoms with Crippen molar-refractivity contribution >= 4 is 27.5 Å². The number of hydrogen-bond donors (Lipinski definition) is 1. The number of para-hydroxylation sites is 1.